The lowest BCUT2D eigenvalue weighted by Crippen LogP contribution is -2.34. The maximum absolute atomic E-state index is 5.50. The standard InChI is InChI=1S/C12H28N2O/c1-3-4-5-6-10-14-12(11-15-2)8-7-9-13/h12,14H,3-11,13H2,1-2H3. The molecular formula is C12H28N2O. The summed E-state index contributed by atoms with van der Waals surface area (Å²) in [5.74, 6) is 0. The van der Waals surface area contributed by atoms with Crippen molar-refractivity contribution in [2.75, 3.05) is 26.8 Å². The van der Waals surface area contributed by atoms with E-state index in [0.29, 0.717) is 6.04 Å². The van der Waals surface area contributed by atoms with Crippen molar-refractivity contribution in [1.82, 2.24) is 5.32 Å². The Labute approximate surface area is 94.8 Å². The highest BCUT2D eigenvalue weighted by Gasteiger charge is 2.05. The molecule has 0 spiro atoms. The van der Waals surface area contributed by atoms with E-state index in [9.17, 15) is 0 Å². The molecule has 0 fully saturated rings. The van der Waals surface area contributed by atoms with Gasteiger partial charge in [-0.15, -0.1) is 0 Å². The van der Waals surface area contributed by atoms with E-state index in [1.165, 1.54) is 25.7 Å². The van der Waals surface area contributed by atoms with Crippen LogP contribution in [0.3, 0.4) is 0 Å². The van der Waals surface area contributed by atoms with Crippen LogP contribution in [0.15, 0.2) is 0 Å². The van der Waals surface area contributed by atoms with Crippen molar-refractivity contribution in [2.45, 2.75) is 51.5 Å². The molecule has 1 atom stereocenters. The molecule has 92 valence electrons. The lowest BCUT2D eigenvalue weighted by atomic mass is 10.1. The highest BCUT2D eigenvalue weighted by atomic mass is 16.5. The minimum Gasteiger partial charge on any atom is -0.383 e. The fraction of sp³-hybridized carbons (Fsp3) is 1.00. The molecule has 0 aromatic rings. The first-order valence-electron chi connectivity index (χ1n) is 6.27. The van der Waals surface area contributed by atoms with Crippen LogP contribution in [-0.4, -0.2) is 32.8 Å². The van der Waals surface area contributed by atoms with Gasteiger partial charge >= 0.3 is 0 Å². The number of hydrogen-bond acceptors (Lipinski definition) is 3. The Morgan fingerprint density at radius 2 is 2.00 bits per heavy atom. The van der Waals surface area contributed by atoms with Crippen molar-refractivity contribution >= 4 is 0 Å². The molecule has 3 N–H and O–H groups in total. The van der Waals surface area contributed by atoms with E-state index in [1.807, 2.05) is 0 Å². The van der Waals surface area contributed by atoms with Crippen LogP contribution in [-0.2, 0) is 4.74 Å². The molecule has 0 amide bonds. The Kier molecular flexibility index (Phi) is 11.9. The van der Waals surface area contributed by atoms with Crippen LogP contribution in [0.5, 0.6) is 0 Å². The average Bonchev–Trinajstić information content (AvgIpc) is 2.25. The highest BCUT2D eigenvalue weighted by Crippen LogP contribution is 2.00. The summed E-state index contributed by atoms with van der Waals surface area (Å²) in [5, 5.41) is 3.53. The van der Waals surface area contributed by atoms with Gasteiger partial charge in [-0.2, -0.15) is 0 Å². The fourth-order valence-corrected chi connectivity index (χ4v) is 1.67. The van der Waals surface area contributed by atoms with E-state index >= 15 is 0 Å². The molecule has 0 bridgehead atoms. The number of methoxy groups -OCH3 is 1. The molecule has 0 saturated heterocycles. The Hall–Kier alpha value is -0.120. The average molecular weight is 216 g/mol. The summed E-state index contributed by atoms with van der Waals surface area (Å²) >= 11 is 0. The molecule has 0 aromatic heterocycles. The largest absolute Gasteiger partial charge is 0.383 e. The third-order valence-corrected chi connectivity index (χ3v) is 2.59. The number of nitrogens with one attached hydrogen (secondary N) is 1. The molecule has 0 aliphatic heterocycles. The van der Waals surface area contributed by atoms with Gasteiger partial charge in [0.1, 0.15) is 0 Å². The van der Waals surface area contributed by atoms with Crippen LogP contribution in [0, 0.1) is 0 Å². The van der Waals surface area contributed by atoms with Crippen LogP contribution in [0.25, 0.3) is 0 Å². The number of rotatable bonds is 11. The maximum atomic E-state index is 5.50. The van der Waals surface area contributed by atoms with Crippen LogP contribution >= 0.6 is 0 Å². The second-order valence-corrected chi connectivity index (χ2v) is 4.10. The first-order chi connectivity index (χ1) is 7.35. The molecule has 0 saturated carbocycles. The molecule has 1 unspecified atom stereocenters. The van der Waals surface area contributed by atoms with Gasteiger partial charge in [-0.05, 0) is 32.4 Å². The highest BCUT2D eigenvalue weighted by molar-refractivity contribution is 4.66. The Morgan fingerprint density at radius 1 is 1.20 bits per heavy atom. The molecule has 0 aliphatic carbocycles. The van der Waals surface area contributed by atoms with Crippen molar-refractivity contribution in [3.63, 3.8) is 0 Å². The van der Waals surface area contributed by atoms with Gasteiger partial charge in [0.2, 0.25) is 0 Å². The Balaban J connectivity index is 3.38. The molecular weight excluding hydrogens is 188 g/mol. The Morgan fingerprint density at radius 3 is 2.60 bits per heavy atom. The monoisotopic (exact) mass is 216 g/mol. The number of ether oxygens (including phenoxy) is 1. The second-order valence-electron chi connectivity index (χ2n) is 4.10. The summed E-state index contributed by atoms with van der Waals surface area (Å²) in [6.45, 7) is 4.92. The third kappa shape index (κ3) is 10.2. The quantitative estimate of drug-likeness (QED) is 0.519. The Bertz CT molecular complexity index is 120. The normalized spacial score (nSPS) is 13.0. The lowest BCUT2D eigenvalue weighted by Gasteiger charge is -2.17. The van der Waals surface area contributed by atoms with Gasteiger partial charge in [0.15, 0.2) is 0 Å². The topological polar surface area (TPSA) is 47.3 Å². The molecule has 0 rings (SSSR count). The minimum absolute atomic E-state index is 0.486. The van der Waals surface area contributed by atoms with Crippen molar-refractivity contribution in [3.05, 3.63) is 0 Å². The molecule has 3 heteroatoms. The van der Waals surface area contributed by atoms with Gasteiger partial charge in [-0.3, -0.25) is 0 Å². The van der Waals surface area contributed by atoms with Gasteiger partial charge in [0.25, 0.3) is 0 Å². The summed E-state index contributed by atoms with van der Waals surface area (Å²) in [4.78, 5) is 0. The summed E-state index contributed by atoms with van der Waals surface area (Å²) in [5.41, 5.74) is 5.50. The van der Waals surface area contributed by atoms with Gasteiger partial charge in [-0.1, -0.05) is 26.2 Å². The van der Waals surface area contributed by atoms with Crippen LogP contribution < -0.4 is 11.1 Å². The smallest absolute Gasteiger partial charge is 0.0615 e. The molecule has 3 nitrogen and oxygen atoms in total. The molecule has 15 heavy (non-hydrogen) atoms. The minimum atomic E-state index is 0.486. The van der Waals surface area contributed by atoms with Crippen molar-refractivity contribution in [2.24, 2.45) is 5.73 Å². The van der Waals surface area contributed by atoms with E-state index in [4.69, 9.17) is 10.5 Å². The predicted octanol–water partition coefficient (Wildman–Crippen LogP) is 1.91. The molecule has 0 radical (unpaired) electrons. The fourth-order valence-electron chi connectivity index (χ4n) is 1.67. The summed E-state index contributed by atoms with van der Waals surface area (Å²) in [6, 6.07) is 0.486. The molecule has 0 aliphatic rings. The number of hydrogen-bond donors (Lipinski definition) is 2. The SMILES string of the molecule is CCCCCCNC(CCCN)COC. The summed E-state index contributed by atoms with van der Waals surface area (Å²) in [6.07, 6.45) is 7.46. The van der Waals surface area contributed by atoms with Crippen LogP contribution in [0.1, 0.15) is 45.4 Å². The zero-order valence-electron chi connectivity index (χ0n) is 10.4. The van der Waals surface area contributed by atoms with Crippen LogP contribution in [0.4, 0.5) is 0 Å². The number of nitrogens with two attached hydrogens (primary N) is 1. The molecule has 0 heterocycles. The van der Waals surface area contributed by atoms with E-state index in [1.54, 1.807) is 7.11 Å². The zero-order valence-corrected chi connectivity index (χ0v) is 10.4. The van der Waals surface area contributed by atoms with Crippen LogP contribution in [0.2, 0.25) is 0 Å². The van der Waals surface area contributed by atoms with Crippen molar-refractivity contribution in [3.8, 4) is 0 Å². The number of unbranched alkanes of at least 4 members (excludes halogenated alkanes) is 3. The third-order valence-electron chi connectivity index (χ3n) is 2.59. The zero-order chi connectivity index (χ0) is 11.4. The molecule has 0 aromatic carbocycles. The van der Waals surface area contributed by atoms with E-state index < -0.39 is 0 Å². The van der Waals surface area contributed by atoms with Crippen molar-refractivity contribution in [1.29, 1.82) is 0 Å². The van der Waals surface area contributed by atoms with E-state index in [2.05, 4.69) is 12.2 Å². The lowest BCUT2D eigenvalue weighted by molar-refractivity contribution is 0.161. The maximum Gasteiger partial charge on any atom is 0.0615 e. The van der Waals surface area contributed by atoms with E-state index in [-0.39, 0.29) is 0 Å². The second kappa shape index (κ2) is 12.0. The van der Waals surface area contributed by atoms with Gasteiger partial charge in [0.05, 0.1) is 6.61 Å². The predicted molar refractivity (Wildman–Crippen MR) is 66.1 cm³/mol. The van der Waals surface area contributed by atoms with Gasteiger partial charge in [-0.25, -0.2) is 0 Å². The van der Waals surface area contributed by atoms with Crippen molar-refractivity contribution < 1.29 is 4.74 Å². The van der Waals surface area contributed by atoms with E-state index in [0.717, 1.165) is 32.5 Å². The van der Waals surface area contributed by atoms with Gasteiger partial charge in [0, 0.05) is 13.2 Å². The first-order valence-corrected chi connectivity index (χ1v) is 6.27. The summed E-state index contributed by atoms with van der Waals surface area (Å²) < 4.78 is 5.18. The van der Waals surface area contributed by atoms with Gasteiger partial charge < -0.3 is 15.8 Å². The summed E-state index contributed by atoms with van der Waals surface area (Å²) in [7, 11) is 1.76. The first kappa shape index (κ1) is 14.9.